The Morgan fingerprint density at radius 1 is 1.50 bits per heavy atom. The molecular weight excluding hydrogens is 152 g/mol. The summed E-state index contributed by atoms with van der Waals surface area (Å²) in [7, 11) is 0. The average Bonchev–Trinajstić information content (AvgIpc) is 1.59. The van der Waals surface area contributed by atoms with Crippen molar-refractivity contribution in [1.82, 2.24) is 0 Å². The fourth-order valence-electron chi connectivity index (χ4n) is 0.387. The van der Waals surface area contributed by atoms with Crippen LogP contribution >= 0.6 is 11.6 Å². The molecule has 0 spiro atoms. The smallest absolute Gasteiger partial charge is 0.332 e. The number of halogens is 1. The van der Waals surface area contributed by atoms with Crippen molar-refractivity contribution in [3.05, 3.63) is 11.6 Å². The lowest BCUT2D eigenvalue weighted by Gasteiger charge is -2.17. The Labute approximate surface area is 65.8 Å². The summed E-state index contributed by atoms with van der Waals surface area (Å²) < 4.78 is 4.87. The van der Waals surface area contributed by atoms with E-state index in [1.807, 2.05) is 0 Å². The van der Waals surface area contributed by atoms with Gasteiger partial charge < -0.3 is 4.74 Å². The van der Waals surface area contributed by atoms with Gasteiger partial charge in [-0.05, 0) is 20.8 Å². The molecule has 0 aliphatic heterocycles. The van der Waals surface area contributed by atoms with Crippen LogP contribution in [0.5, 0.6) is 0 Å². The molecule has 3 heteroatoms. The summed E-state index contributed by atoms with van der Waals surface area (Å²) in [6.45, 7) is 5.40. The van der Waals surface area contributed by atoms with Crippen molar-refractivity contribution in [3.63, 3.8) is 0 Å². The molecule has 10 heavy (non-hydrogen) atoms. The first-order valence-corrected chi connectivity index (χ1v) is 3.39. The molecule has 2 nitrogen and oxygen atoms in total. The fraction of sp³-hybridized carbons (Fsp3) is 0.571. The Kier molecular flexibility index (Phi) is 3.43. The van der Waals surface area contributed by atoms with Gasteiger partial charge in [-0.2, -0.15) is 0 Å². The molecule has 0 rings (SSSR count). The predicted octanol–water partition coefficient (Wildman–Crippen LogP) is 2.08. The van der Waals surface area contributed by atoms with Crippen LogP contribution in [0.2, 0.25) is 0 Å². The van der Waals surface area contributed by atoms with Crippen LogP contribution in [0, 0.1) is 0 Å². The normalized spacial score (nSPS) is 12.0. The van der Waals surface area contributed by atoms with Crippen molar-refractivity contribution in [2.45, 2.75) is 26.4 Å². The molecule has 0 amide bonds. The van der Waals surface area contributed by atoms with Crippen LogP contribution in [-0.2, 0) is 9.53 Å². The van der Waals surface area contributed by atoms with E-state index in [2.05, 4.69) is 0 Å². The molecule has 0 fully saturated rings. The van der Waals surface area contributed by atoms with E-state index in [-0.39, 0.29) is 0 Å². The number of hydrogen-bond donors (Lipinski definition) is 0. The topological polar surface area (TPSA) is 26.3 Å². The van der Waals surface area contributed by atoms with E-state index in [9.17, 15) is 4.79 Å². The lowest BCUT2D eigenvalue weighted by molar-refractivity contribution is -0.148. The number of carbonyl (C=O) groups is 1. The Bertz CT molecular complexity index is 144. The molecule has 0 saturated carbocycles. The van der Waals surface area contributed by atoms with Gasteiger partial charge in [-0.25, -0.2) is 4.79 Å². The summed E-state index contributed by atoms with van der Waals surface area (Å²) in [5, 5.41) is 0. The minimum Gasteiger partial charge on any atom is -0.457 e. The second-order valence-electron chi connectivity index (χ2n) is 2.83. The van der Waals surface area contributed by atoms with E-state index in [0.29, 0.717) is 0 Å². The molecule has 0 aromatic rings. The zero-order valence-electron chi connectivity index (χ0n) is 6.35. The molecule has 0 atom stereocenters. The van der Waals surface area contributed by atoms with Gasteiger partial charge in [0.15, 0.2) is 0 Å². The first-order valence-electron chi connectivity index (χ1n) is 2.95. The van der Waals surface area contributed by atoms with Crippen molar-refractivity contribution in [3.8, 4) is 0 Å². The standard InChI is InChI=1S/C7H11ClO2/c1-7(2,3)10-6(9)4-5-8/h4-5H,1-3H3/b5-4-. The van der Waals surface area contributed by atoms with Gasteiger partial charge in [0.05, 0.1) is 0 Å². The van der Waals surface area contributed by atoms with E-state index in [1.54, 1.807) is 20.8 Å². The highest BCUT2D eigenvalue weighted by atomic mass is 35.5. The van der Waals surface area contributed by atoms with Crippen LogP contribution in [0.3, 0.4) is 0 Å². The first kappa shape index (κ1) is 9.50. The summed E-state index contributed by atoms with van der Waals surface area (Å²) in [4.78, 5) is 10.7. The fourth-order valence-corrected chi connectivity index (χ4v) is 0.490. The maximum Gasteiger partial charge on any atom is 0.332 e. The third kappa shape index (κ3) is 5.63. The van der Waals surface area contributed by atoms with Crippen LogP contribution < -0.4 is 0 Å². The average molecular weight is 163 g/mol. The van der Waals surface area contributed by atoms with Crippen LogP contribution in [0.25, 0.3) is 0 Å². The van der Waals surface area contributed by atoms with Gasteiger partial charge in [0.1, 0.15) is 5.60 Å². The van der Waals surface area contributed by atoms with Crippen molar-refractivity contribution >= 4 is 17.6 Å². The Hall–Kier alpha value is -0.500. The quantitative estimate of drug-likeness (QED) is 0.436. The maximum absolute atomic E-state index is 10.7. The molecule has 0 saturated heterocycles. The molecule has 0 aromatic heterocycles. The molecule has 0 N–H and O–H groups in total. The first-order chi connectivity index (χ1) is 4.45. The van der Waals surface area contributed by atoms with Gasteiger partial charge in [0.25, 0.3) is 0 Å². The molecule has 58 valence electrons. The van der Waals surface area contributed by atoms with E-state index in [0.717, 1.165) is 5.54 Å². The summed E-state index contributed by atoms with van der Waals surface area (Å²) in [5.74, 6) is -0.414. The second kappa shape index (κ2) is 3.62. The number of rotatable bonds is 1. The molecule has 0 aromatic carbocycles. The molecular formula is C7H11ClO2. The van der Waals surface area contributed by atoms with Gasteiger partial charge in [-0.1, -0.05) is 11.6 Å². The number of esters is 1. The zero-order valence-corrected chi connectivity index (χ0v) is 7.11. The second-order valence-corrected chi connectivity index (χ2v) is 3.08. The minimum absolute atomic E-state index is 0.414. The van der Waals surface area contributed by atoms with E-state index < -0.39 is 11.6 Å². The van der Waals surface area contributed by atoms with E-state index >= 15 is 0 Å². The minimum atomic E-state index is -0.437. The van der Waals surface area contributed by atoms with Gasteiger partial charge in [0.2, 0.25) is 0 Å². The highest BCUT2D eigenvalue weighted by Crippen LogP contribution is 2.06. The van der Waals surface area contributed by atoms with E-state index in [1.165, 1.54) is 6.08 Å². The number of hydrogen-bond acceptors (Lipinski definition) is 2. The highest BCUT2D eigenvalue weighted by Gasteiger charge is 2.13. The molecule has 0 bridgehead atoms. The molecule has 0 aliphatic carbocycles. The van der Waals surface area contributed by atoms with Crippen molar-refractivity contribution in [2.75, 3.05) is 0 Å². The molecule has 0 aliphatic rings. The highest BCUT2D eigenvalue weighted by molar-refractivity contribution is 6.26. The SMILES string of the molecule is CC(C)(C)OC(=O)/C=C\Cl. The lowest BCUT2D eigenvalue weighted by atomic mass is 10.2. The molecule has 0 unspecified atom stereocenters. The maximum atomic E-state index is 10.7. The van der Waals surface area contributed by atoms with Crippen molar-refractivity contribution in [1.29, 1.82) is 0 Å². The number of ether oxygens (including phenoxy) is 1. The third-order valence-corrected chi connectivity index (χ3v) is 0.732. The zero-order chi connectivity index (χ0) is 8.20. The van der Waals surface area contributed by atoms with Crippen molar-refractivity contribution in [2.24, 2.45) is 0 Å². The Morgan fingerprint density at radius 3 is 2.30 bits per heavy atom. The summed E-state index contributed by atoms with van der Waals surface area (Å²) in [5.41, 5.74) is 0.696. The van der Waals surface area contributed by atoms with Crippen LogP contribution in [-0.4, -0.2) is 11.6 Å². The Morgan fingerprint density at radius 2 is 2.00 bits per heavy atom. The van der Waals surface area contributed by atoms with Crippen LogP contribution in [0.4, 0.5) is 0 Å². The summed E-state index contributed by atoms with van der Waals surface area (Å²) >= 11 is 5.14. The monoisotopic (exact) mass is 162 g/mol. The van der Waals surface area contributed by atoms with Crippen LogP contribution in [0.1, 0.15) is 20.8 Å². The van der Waals surface area contributed by atoms with Gasteiger partial charge in [-0.15, -0.1) is 0 Å². The molecule has 0 radical (unpaired) electrons. The lowest BCUT2D eigenvalue weighted by Crippen LogP contribution is -2.22. The predicted molar refractivity (Wildman–Crippen MR) is 40.8 cm³/mol. The van der Waals surface area contributed by atoms with Crippen LogP contribution in [0.15, 0.2) is 11.6 Å². The van der Waals surface area contributed by atoms with Gasteiger partial charge in [-0.3, -0.25) is 0 Å². The van der Waals surface area contributed by atoms with Crippen molar-refractivity contribution < 1.29 is 9.53 Å². The molecule has 0 heterocycles. The third-order valence-electron chi connectivity index (χ3n) is 0.606. The summed E-state index contributed by atoms with van der Waals surface area (Å²) in [6, 6.07) is 0. The number of carbonyl (C=O) groups excluding carboxylic acids is 1. The van der Waals surface area contributed by atoms with Gasteiger partial charge >= 0.3 is 5.97 Å². The van der Waals surface area contributed by atoms with Gasteiger partial charge in [0, 0.05) is 11.6 Å². The Balaban J connectivity index is 3.81. The summed E-state index contributed by atoms with van der Waals surface area (Å²) in [6.07, 6.45) is 1.17. The van der Waals surface area contributed by atoms with E-state index in [4.69, 9.17) is 16.3 Å². The largest absolute Gasteiger partial charge is 0.457 e.